The highest BCUT2D eigenvalue weighted by Crippen LogP contribution is 2.31. The second-order valence-corrected chi connectivity index (χ2v) is 6.23. The van der Waals surface area contributed by atoms with Gasteiger partial charge in [0.1, 0.15) is 5.82 Å². The van der Waals surface area contributed by atoms with Gasteiger partial charge in [0.25, 0.3) is 5.89 Å². The number of halogens is 2. The fraction of sp³-hybridized carbons (Fsp3) is 0. The van der Waals surface area contributed by atoms with Crippen LogP contribution in [0.2, 0.25) is 0 Å². The number of hydrogen-bond acceptors (Lipinski definition) is 5. The molecule has 0 fully saturated rings. The summed E-state index contributed by atoms with van der Waals surface area (Å²) in [4.78, 5) is 5.11. The molecule has 0 amide bonds. The van der Waals surface area contributed by atoms with Gasteiger partial charge < -0.3 is 10.3 Å². The third-order valence-corrected chi connectivity index (χ3v) is 4.09. The average molecular weight is 340 g/mol. The summed E-state index contributed by atoms with van der Waals surface area (Å²) < 4.78 is 19.5. The second-order valence-electron chi connectivity index (χ2n) is 3.76. The number of nitrogens with zero attached hydrogens (tertiary/aromatic N) is 2. The van der Waals surface area contributed by atoms with Crippen molar-refractivity contribution in [2.45, 2.75) is 0 Å². The molecule has 0 aliphatic rings. The van der Waals surface area contributed by atoms with E-state index in [2.05, 4.69) is 26.1 Å². The summed E-state index contributed by atoms with van der Waals surface area (Å²) in [7, 11) is 0. The van der Waals surface area contributed by atoms with Gasteiger partial charge in [-0.3, -0.25) is 0 Å². The van der Waals surface area contributed by atoms with Crippen molar-refractivity contribution in [3.05, 3.63) is 39.9 Å². The van der Waals surface area contributed by atoms with Crippen molar-refractivity contribution in [1.82, 2.24) is 10.1 Å². The SMILES string of the molecule is Nc1ccc(-c2nc(-c3ccc(Br)s3)no2)cc1F. The summed E-state index contributed by atoms with van der Waals surface area (Å²) in [6.45, 7) is 0. The van der Waals surface area contributed by atoms with Crippen LogP contribution in [0.4, 0.5) is 10.1 Å². The normalized spacial score (nSPS) is 10.8. The second kappa shape index (κ2) is 4.75. The molecule has 3 rings (SSSR count). The zero-order chi connectivity index (χ0) is 13.4. The van der Waals surface area contributed by atoms with E-state index < -0.39 is 5.82 Å². The minimum atomic E-state index is -0.504. The van der Waals surface area contributed by atoms with Gasteiger partial charge in [0, 0.05) is 5.56 Å². The van der Waals surface area contributed by atoms with Crippen molar-refractivity contribution in [2.24, 2.45) is 0 Å². The van der Waals surface area contributed by atoms with Gasteiger partial charge in [0.2, 0.25) is 5.82 Å². The fourth-order valence-corrected chi connectivity index (χ4v) is 2.85. The zero-order valence-electron chi connectivity index (χ0n) is 9.43. The quantitative estimate of drug-likeness (QED) is 0.718. The Morgan fingerprint density at radius 2 is 2.11 bits per heavy atom. The van der Waals surface area contributed by atoms with E-state index in [1.807, 2.05) is 12.1 Å². The Kier molecular flexibility index (Phi) is 3.08. The van der Waals surface area contributed by atoms with Gasteiger partial charge in [0.05, 0.1) is 14.4 Å². The first kappa shape index (κ1) is 12.3. The molecule has 3 aromatic rings. The van der Waals surface area contributed by atoms with Gasteiger partial charge in [-0.15, -0.1) is 11.3 Å². The number of anilines is 1. The monoisotopic (exact) mass is 339 g/mol. The van der Waals surface area contributed by atoms with E-state index in [1.165, 1.54) is 23.5 Å². The summed E-state index contributed by atoms with van der Waals surface area (Å²) in [6.07, 6.45) is 0. The van der Waals surface area contributed by atoms with Crippen molar-refractivity contribution in [2.75, 3.05) is 5.73 Å². The van der Waals surface area contributed by atoms with E-state index in [0.717, 1.165) is 8.66 Å². The largest absolute Gasteiger partial charge is 0.396 e. The summed E-state index contributed by atoms with van der Waals surface area (Å²) in [5.74, 6) is 0.234. The van der Waals surface area contributed by atoms with Gasteiger partial charge in [-0.25, -0.2) is 4.39 Å². The Labute approximate surface area is 120 Å². The van der Waals surface area contributed by atoms with Crippen LogP contribution in [0.3, 0.4) is 0 Å². The Balaban J connectivity index is 1.98. The molecule has 2 N–H and O–H groups in total. The maximum Gasteiger partial charge on any atom is 0.258 e. The molecule has 0 unspecified atom stereocenters. The maximum atomic E-state index is 13.4. The molecule has 0 bridgehead atoms. The van der Waals surface area contributed by atoms with Crippen LogP contribution >= 0.6 is 27.3 Å². The third-order valence-electron chi connectivity index (χ3n) is 2.47. The lowest BCUT2D eigenvalue weighted by Crippen LogP contribution is -1.90. The fourth-order valence-electron chi connectivity index (χ4n) is 1.54. The van der Waals surface area contributed by atoms with Gasteiger partial charge in [-0.2, -0.15) is 4.98 Å². The Morgan fingerprint density at radius 3 is 2.79 bits per heavy atom. The Bertz CT molecular complexity index is 740. The molecule has 2 aromatic heterocycles. The zero-order valence-corrected chi connectivity index (χ0v) is 11.8. The molecule has 0 saturated heterocycles. The molecule has 0 radical (unpaired) electrons. The van der Waals surface area contributed by atoms with E-state index in [4.69, 9.17) is 10.3 Å². The summed E-state index contributed by atoms with van der Waals surface area (Å²) in [6, 6.07) is 8.17. The van der Waals surface area contributed by atoms with Gasteiger partial charge in [-0.1, -0.05) is 5.16 Å². The van der Waals surface area contributed by atoms with Crippen LogP contribution in [0.25, 0.3) is 22.2 Å². The average Bonchev–Trinajstić information content (AvgIpc) is 3.01. The first-order chi connectivity index (χ1) is 9.13. The molecule has 0 spiro atoms. The predicted octanol–water partition coefficient (Wildman–Crippen LogP) is 3.95. The first-order valence-electron chi connectivity index (χ1n) is 5.28. The lowest BCUT2D eigenvalue weighted by molar-refractivity contribution is 0.432. The van der Waals surface area contributed by atoms with Crippen molar-refractivity contribution < 1.29 is 8.91 Å². The minimum Gasteiger partial charge on any atom is -0.396 e. The van der Waals surface area contributed by atoms with Crippen molar-refractivity contribution >= 4 is 33.0 Å². The lowest BCUT2D eigenvalue weighted by atomic mass is 10.2. The third kappa shape index (κ3) is 2.39. The number of nitrogens with two attached hydrogens (primary N) is 1. The molecule has 4 nitrogen and oxygen atoms in total. The van der Waals surface area contributed by atoms with Crippen LogP contribution in [0, 0.1) is 5.82 Å². The van der Waals surface area contributed by atoms with Crippen LogP contribution in [-0.2, 0) is 0 Å². The molecule has 0 saturated carbocycles. The molecule has 96 valence electrons. The van der Waals surface area contributed by atoms with Crippen LogP contribution in [0.15, 0.2) is 38.6 Å². The highest BCUT2D eigenvalue weighted by molar-refractivity contribution is 9.11. The molecule has 1 aromatic carbocycles. The van der Waals surface area contributed by atoms with E-state index in [1.54, 1.807) is 6.07 Å². The van der Waals surface area contributed by atoms with Crippen LogP contribution < -0.4 is 5.73 Å². The molecule has 0 aliphatic carbocycles. The van der Waals surface area contributed by atoms with Crippen molar-refractivity contribution in [3.8, 4) is 22.2 Å². The van der Waals surface area contributed by atoms with Crippen molar-refractivity contribution in [3.63, 3.8) is 0 Å². The maximum absolute atomic E-state index is 13.4. The molecular weight excluding hydrogens is 333 g/mol. The minimum absolute atomic E-state index is 0.0886. The number of benzene rings is 1. The summed E-state index contributed by atoms with van der Waals surface area (Å²) in [5, 5.41) is 3.88. The van der Waals surface area contributed by atoms with Gasteiger partial charge in [0.15, 0.2) is 0 Å². The van der Waals surface area contributed by atoms with E-state index in [-0.39, 0.29) is 11.6 Å². The highest BCUT2D eigenvalue weighted by Gasteiger charge is 2.13. The molecule has 0 aliphatic heterocycles. The van der Waals surface area contributed by atoms with Crippen LogP contribution in [0.5, 0.6) is 0 Å². The molecule has 0 atom stereocenters. The molecule has 7 heteroatoms. The standard InChI is InChI=1S/C12H7BrFN3OS/c13-10-4-3-9(19-10)11-16-12(18-17-11)6-1-2-8(15)7(14)5-6/h1-5H,15H2. The molecule has 2 heterocycles. The van der Waals surface area contributed by atoms with Crippen LogP contribution in [-0.4, -0.2) is 10.1 Å². The van der Waals surface area contributed by atoms with Gasteiger partial charge >= 0.3 is 0 Å². The van der Waals surface area contributed by atoms with Gasteiger partial charge in [-0.05, 0) is 46.3 Å². The topological polar surface area (TPSA) is 64.9 Å². The van der Waals surface area contributed by atoms with E-state index >= 15 is 0 Å². The van der Waals surface area contributed by atoms with Crippen LogP contribution in [0.1, 0.15) is 0 Å². The Hall–Kier alpha value is -1.73. The summed E-state index contributed by atoms with van der Waals surface area (Å²) >= 11 is 4.86. The van der Waals surface area contributed by atoms with E-state index in [0.29, 0.717) is 11.4 Å². The number of rotatable bonds is 2. The smallest absolute Gasteiger partial charge is 0.258 e. The lowest BCUT2D eigenvalue weighted by Gasteiger charge is -1.97. The Morgan fingerprint density at radius 1 is 1.26 bits per heavy atom. The van der Waals surface area contributed by atoms with E-state index in [9.17, 15) is 4.39 Å². The first-order valence-corrected chi connectivity index (χ1v) is 6.89. The molecule has 19 heavy (non-hydrogen) atoms. The van der Waals surface area contributed by atoms with Crippen molar-refractivity contribution in [1.29, 1.82) is 0 Å². The number of hydrogen-bond donors (Lipinski definition) is 1. The number of nitrogen functional groups attached to an aromatic ring is 1. The number of aromatic nitrogens is 2. The number of thiophene rings is 1. The molecular formula is C12H7BrFN3OS. The predicted molar refractivity (Wildman–Crippen MR) is 75.1 cm³/mol. The highest BCUT2D eigenvalue weighted by atomic mass is 79.9. The summed E-state index contributed by atoms with van der Waals surface area (Å²) in [5.41, 5.74) is 6.01.